The molecule has 4 aromatic rings. The maximum absolute atomic E-state index is 13.3. The molecule has 0 fully saturated rings. The smallest absolute Gasteiger partial charge is 0.254 e. The fraction of sp³-hybridized carbons (Fsp3) is 0.190. The number of aryl methyl sites for hydroxylation is 1. The molecule has 0 aliphatic rings. The third kappa shape index (κ3) is 4.22. The summed E-state index contributed by atoms with van der Waals surface area (Å²) >= 11 is 1.65. The molecular weight excluding hydrogens is 384 g/mol. The normalized spacial score (nSPS) is 10.8. The van der Waals surface area contributed by atoms with Gasteiger partial charge in [-0.15, -0.1) is 16.4 Å². The number of pyridine rings is 1. The van der Waals surface area contributed by atoms with E-state index >= 15 is 0 Å². The SMILES string of the molecule is CCN(Cc1ccncc1)C(=O)c1cc(-c2cc(C)cs2)cc(-n2cnnn2)c1. The van der Waals surface area contributed by atoms with Crippen molar-refractivity contribution < 1.29 is 4.79 Å². The molecule has 29 heavy (non-hydrogen) atoms. The summed E-state index contributed by atoms with van der Waals surface area (Å²) in [5.74, 6) is -0.0336. The van der Waals surface area contributed by atoms with Crippen LogP contribution in [0.4, 0.5) is 0 Å². The summed E-state index contributed by atoms with van der Waals surface area (Å²) in [4.78, 5) is 20.3. The van der Waals surface area contributed by atoms with Crippen LogP contribution in [-0.4, -0.2) is 42.5 Å². The molecule has 3 aromatic heterocycles. The predicted molar refractivity (Wildman–Crippen MR) is 112 cm³/mol. The standard InChI is InChI=1S/C21H20N6OS/c1-3-26(12-16-4-6-22-7-5-16)21(28)18-9-17(20-8-15(2)13-29-20)10-19(11-18)27-14-23-24-25-27/h4-11,13-14H,3,12H2,1-2H3. The number of carbonyl (C=O) groups excluding carboxylic acids is 1. The van der Waals surface area contributed by atoms with E-state index in [9.17, 15) is 4.79 Å². The highest BCUT2D eigenvalue weighted by molar-refractivity contribution is 7.13. The third-order valence-electron chi connectivity index (χ3n) is 4.59. The Morgan fingerprint density at radius 3 is 2.66 bits per heavy atom. The van der Waals surface area contributed by atoms with Gasteiger partial charge in [0.2, 0.25) is 0 Å². The molecule has 8 heteroatoms. The lowest BCUT2D eigenvalue weighted by Crippen LogP contribution is -2.30. The molecular formula is C21H20N6OS. The van der Waals surface area contributed by atoms with Crippen LogP contribution in [0.3, 0.4) is 0 Å². The molecule has 1 aromatic carbocycles. The molecule has 0 saturated carbocycles. The van der Waals surface area contributed by atoms with Crippen LogP contribution in [-0.2, 0) is 6.54 Å². The highest BCUT2D eigenvalue weighted by Crippen LogP contribution is 2.30. The first kappa shape index (κ1) is 18.9. The Hall–Kier alpha value is -3.39. The second-order valence-electron chi connectivity index (χ2n) is 6.69. The van der Waals surface area contributed by atoms with Gasteiger partial charge in [-0.1, -0.05) is 0 Å². The molecule has 0 unspecified atom stereocenters. The zero-order valence-corrected chi connectivity index (χ0v) is 17.0. The second-order valence-corrected chi connectivity index (χ2v) is 7.60. The largest absolute Gasteiger partial charge is 0.335 e. The summed E-state index contributed by atoms with van der Waals surface area (Å²) in [5, 5.41) is 13.5. The first-order valence-corrected chi connectivity index (χ1v) is 10.1. The van der Waals surface area contributed by atoms with Crippen LogP contribution in [0.1, 0.15) is 28.4 Å². The maximum Gasteiger partial charge on any atom is 0.254 e. The van der Waals surface area contributed by atoms with E-state index in [0.717, 1.165) is 21.7 Å². The van der Waals surface area contributed by atoms with Crippen molar-refractivity contribution >= 4 is 17.2 Å². The molecule has 146 valence electrons. The minimum absolute atomic E-state index is 0.0336. The lowest BCUT2D eigenvalue weighted by Gasteiger charge is -2.21. The maximum atomic E-state index is 13.3. The third-order valence-corrected chi connectivity index (χ3v) is 5.68. The Balaban J connectivity index is 1.73. The van der Waals surface area contributed by atoms with Crippen molar-refractivity contribution in [1.29, 1.82) is 0 Å². The van der Waals surface area contributed by atoms with E-state index in [4.69, 9.17) is 0 Å². The van der Waals surface area contributed by atoms with Gasteiger partial charge in [-0.05, 0) is 82.7 Å². The Morgan fingerprint density at radius 2 is 2.00 bits per heavy atom. The van der Waals surface area contributed by atoms with Crippen molar-refractivity contribution in [2.45, 2.75) is 20.4 Å². The van der Waals surface area contributed by atoms with E-state index in [-0.39, 0.29) is 5.91 Å². The fourth-order valence-electron chi connectivity index (χ4n) is 3.09. The van der Waals surface area contributed by atoms with Crippen molar-refractivity contribution in [2.24, 2.45) is 0 Å². The van der Waals surface area contributed by atoms with Gasteiger partial charge in [-0.2, -0.15) is 0 Å². The Kier molecular flexibility index (Phi) is 5.44. The zero-order chi connectivity index (χ0) is 20.2. The number of tetrazole rings is 1. The van der Waals surface area contributed by atoms with Crippen molar-refractivity contribution in [3.63, 3.8) is 0 Å². The van der Waals surface area contributed by atoms with Crippen molar-refractivity contribution in [3.05, 3.63) is 77.2 Å². The van der Waals surface area contributed by atoms with Gasteiger partial charge in [0.25, 0.3) is 5.91 Å². The Morgan fingerprint density at radius 1 is 1.17 bits per heavy atom. The number of nitrogens with zero attached hydrogens (tertiary/aromatic N) is 6. The highest BCUT2D eigenvalue weighted by Gasteiger charge is 2.18. The van der Waals surface area contributed by atoms with Gasteiger partial charge in [0.15, 0.2) is 0 Å². The average Bonchev–Trinajstić information content (AvgIpc) is 3.44. The van der Waals surface area contributed by atoms with Crippen LogP contribution in [0.5, 0.6) is 0 Å². The molecule has 0 bridgehead atoms. The molecule has 0 saturated heterocycles. The lowest BCUT2D eigenvalue weighted by atomic mass is 10.1. The van der Waals surface area contributed by atoms with Crippen molar-refractivity contribution in [1.82, 2.24) is 30.1 Å². The monoisotopic (exact) mass is 404 g/mol. The van der Waals surface area contributed by atoms with Gasteiger partial charge in [0.1, 0.15) is 6.33 Å². The molecule has 0 N–H and O–H groups in total. The Bertz CT molecular complexity index is 1110. The number of carbonyl (C=O) groups is 1. The van der Waals surface area contributed by atoms with Gasteiger partial charge >= 0.3 is 0 Å². The number of thiophene rings is 1. The molecule has 0 aliphatic heterocycles. The minimum atomic E-state index is -0.0336. The van der Waals surface area contributed by atoms with Crippen LogP contribution in [0, 0.1) is 6.92 Å². The lowest BCUT2D eigenvalue weighted by molar-refractivity contribution is 0.0752. The number of rotatable bonds is 6. The number of hydrogen-bond acceptors (Lipinski definition) is 6. The molecule has 0 atom stereocenters. The predicted octanol–water partition coefficient (Wildman–Crippen LogP) is 3.76. The fourth-order valence-corrected chi connectivity index (χ4v) is 3.98. The summed E-state index contributed by atoms with van der Waals surface area (Å²) in [5.41, 5.74) is 4.57. The van der Waals surface area contributed by atoms with Crippen LogP contribution in [0.25, 0.3) is 16.1 Å². The molecule has 3 heterocycles. The first-order valence-electron chi connectivity index (χ1n) is 9.26. The second kappa shape index (κ2) is 8.32. The van der Waals surface area contributed by atoms with Crippen molar-refractivity contribution in [3.8, 4) is 16.1 Å². The summed E-state index contributed by atoms with van der Waals surface area (Å²) in [6.07, 6.45) is 5.01. The number of hydrogen-bond donors (Lipinski definition) is 0. The minimum Gasteiger partial charge on any atom is -0.335 e. The van der Waals surface area contributed by atoms with E-state index in [1.807, 2.05) is 42.2 Å². The van der Waals surface area contributed by atoms with E-state index in [0.29, 0.717) is 18.7 Å². The molecule has 4 rings (SSSR count). The summed E-state index contributed by atoms with van der Waals surface area (Å²) in [6, 6.07) is 11.7. The van der Waals surface area contributed by atoms with Gasteiger partial charge in [0.05, 0.1) is 5.69 Å². The molecule has 1 amide bonds. The molecule has 0 aliphatic carbocycles. The van der Waals surface area contributed by atoms with E-state index < -0.39 is 0 Å². The van der Waals surface area contributed by atoms with Gasteiger partial charge in [-0.25, -0.2) is 4.68 Å². The van der Waals surface area contributed by atoms with E-state index in [1.54, 1.807) is 28.4 Å². The van der Waals surface area contributed by atoms with E-state index in [1.165, 1.54) is 11.9 Å². The summed E-state index contributed by atoms with van der Waals surface area (Å²) in [7, 11) is 0. The topological polar surface area (TPSA) is 76.8 Å². The van der Waals surface area contributed by atoms with E-state index in [2.05, 4.69) is 38.9 Å². The summed E-state index contributed by atoms with van der Waals surface area (Å²) < 4.78 is 1.57. The molecule has 0 radical (unpaired) electrons. The van der Waals surface area contributed by atoms with Gasteiger partial charge in [-0.3, -0.25) is 9.78 Å². The average molecular weight is 404 g/mol. The van der Waals surface area contributed by atoms with Crippen molar-refractivity contribution in [2.75, 3.05) is 6.54 Å². The van der Waals surface area contributed by atoms with Crippen LogP contribution in [0.2, 0.25) is 0 Å². The van der Waals surface area contributed by atoms with Gasteiger partial charge < -0.3 is 4.90 Å². The van der Waals surface area contributed by atoms with Gasteiger partial charge in [0, 0.05) is 35.9 Å². The summed E-state index contributed by atoms with van der Waals surface area (Å²) in [6.45, 7) is 5.17. The molecule has 7 nitrogen and oxygen atoms in total. The van der Waals surface area contributed by atoms with Crippen LogP contribution in [0.15, 0.2) is 60.5 Å². The quantitative estimate of drug-likeness (QED) is 0.489. The zero-order valence-electron chi connectivity index (χ0n) is 16.2. The Labute approximate surface area is 172 Å². The highest BCUT2D eigenvalue weighted by atomic mass is 32.1. The first-order chi connectivity index (χ1) is 14.1. The number of aromatic nitrogens is 5. The number of benzene rings is 1. The number of amides is 1. The van der Waals surface area contributed by atoms with Crippen LogP contribution < -0.4 is 0 Å². The van der Waals surface area contributed by atoms with Crippen LogP contribution >= 0.6 is 11.3 Å². The molecule has 0 spiro atoms.